The summed E-state index contributed by atoms with van der Waals surface area (Å²) in [7, 11) is 0. The molecule has 4 nitrogen and oxygen atoms in total. The number of amides is 1. The van der Waals surface area contributed by atoms with E-state index >= 15 is 0 Å². The molecule has 1 N–H and O–H groups in total. The van der Waals surface area contributed by atoms with Crippen LogP contribution in [0.1, 0.15) is 30.0 Å². The SMILES string of the molecule is O=C(C1NCCc2ccccc21)N1CCN2CCCC2C1. The number of piperazine rings is 1. The number of nitrogens with zero attached hydrogens (tertiary/aromatic N) is 2. The van der Waals surface area contributed by atoms with E-state index in [4.69, 9.17) is 0 Å². The quantitative estimate of drug-likeness (QED) is 0.841. The average Bonchev–Trinajstić information content (AvgIpc) is 3.01. The highest BCUT2D eigenvalue weighted by Gasteiger charge is 2.36. The molecule has 3 aliphatic heterocycles. The van der Waals surface area contributed by atoms with E-state index in [0.29, 0.717) is 6.04 Å². The van der Waals surface area contributed by atoms with E-state index in [9.17, 15) is 4.79 Å². The fourth-order valence-corrected chi connectivity index (χ4v) is 4.10. The van der Waals surface area contributed by atoms with Crippen LogP contribution in [0.3, 0.4) is 0 Å². The third kappa shape index (κ3) is 2.36. The second-order valence-electron chi connectivity index (χ2n) is 6.45. The second kappa shape index (κ2) is 5.43. The van der Waals surface area contributed by atoms with E-state index in [1.54, 1.807) is 0 Å². The molecule has 2 fully saturated rings. The van der Waals surface area contributed by atoms with E-state index in [0.717, 1.165) is 32.6 Å². The van der Waals surface area contributed by atoms with Gasteiger partial charge in [0.25, 0.3) is 0 Å². The lowest BCUT2D eigenvalue weighted by atomic mass is 9.93. The van der Waals surface area contributed by atoms with Crippen molar-refractivity contribution in [1.82, 2.24) is 15.1 Å². The highest BCUT2D eigenvalue weighted by molar-refractivity contribution is 5.84. The average molecular weight is 285 g/mol. The van der Waals surface area contributed by atoms with Crippen molar-refractivity contribution in [1.29, 1.82) is 0 Å². The maximum absolute atomic E-state index is 12.9. The van der Waals surface area contributed by atoms with Gasteiger partial charge in [0, 0.05) is 32.2 Å². The lowest BCUT2D eigenvalue weighted by Gasteiger charge is -2.40. The van der Waals surface area contributed by atoms with Gasteiger partial charge in [-0.3, -0.25) is 9.69 Å². The molecule has 1 aromatic rings. The smallest absolute Gasteiger partial charge is 0.244 e. The number of benzene rings is 1. The zero-order valence-corrected chi connectivity index (χ0v) is 12.4. The number of carbonyl (C=O) groups is 1. The number of carbonyl (C=O) groups excluding carboxylic acids is 1. The number of nitrogens with one attached hydrogen (secondary N) is 1. The molecule has 2 unspecified atom stereocenters. The summed E-state index contributed by atoms with van der Waals surface area (Å²) in [5, 5.41) is 3.43. The molecule has 3 heterocycles. The summed E-state index contributed by atoms with van der Waals surface area (Å²) >= 11 is 0. The molecular formula is C17H23N3O. The summed E-state index contributed by atoms with van der Waals surface area (Å²) in [5.74, 6) is 0.272. The molecule has 2 atom stereocenters. The molecule has 2 saturated heterocycles. The van der Waals surface area contributed by atoms with Crippen molar-refractivity contribution in [3.05, 3.63) is 35.4 Å². The number of hydrogen-bond acceptors (Lipinski definition) is 3. The van der Waals surface area contributed by atoms with Gasteiger partial charge in [0.15, 0.2) is 0 Å². The van der Waals surface area contributed by atoms with Gasteiger partial charge < -0.3 is 10.2 Å². The lowest BCUT2D eigenvalue weighted by Crippen LogP contribution is -2.54. The van der Waals surface area contributed by atoms with E-state index < -0.39 is 0 Å². The number of rotatable bonds is 1. The van der Waals surface area contributed by atoms with Crippen LogP contribution < -0.4 is 5.32 Å². The van der Waals surface area contributed by atoms with Gasteiger partial charge in [-0.2, -0.15) is 0 Å². The van der Waals surface area contributed by atoms with Gasteiger partial charge in [-0.1, -0.05) is 24.3 Å². The maximum atomic E-state index is 12.9. The van der Waals surface area contributed by atoms with Crippen LogP contribution in [0.4, 0.5) is 0 Å². The first kappa shape index (κ1) is 13.3. The Labute approximate surface area is 126 Å². The second-order valence-corrected chi connectivity index (χ2v) is 6.45. The zero-order valence-electron chi connectivity index (χ0n) is 12.4. The predicted octanol–water partition coefficient (Wildman–Crippen LogP) is 1.18. The van der Waals surface area contributed by atoms with Crippen LogP contribution >= 0.6 is 0 Å². The van der Waals surface area contributed by atoms with Gasteiger partial charge in [0.2, 0.25) is 5.91 Å². The minimum Gasteiger partial charge on any atom is -0.338 e. The van der Waals surface area contributed by atoms with Crippen LogP contribution in [0.2, 0.25) is 0 Å². The van der Waals surface area contributed by atoms with Crippen LogP contribution in [0.15, 0.2) is 24.3 Å². The van der Waals surface area contributed by atoms with Crippen LogP contribution in [-0.2, 0) is 11.2 Å². The molecule has 0 radical (unpaired) electrons. The molecule has 0 saturated carbocycles. The van der Waals surface area contributed by atoms with E-state index in [1.165, 1.54) is 30.5 Å². The highest BCUT2D eigenvalue weighted by atomic mass is 16.2. The normalized spacial score (nSPS) is 29.0. The van der Waals surface area contributed by atoms with E-state index in [-0.39, 0.29) is 11.9 Å². The number of hydrogen-bond donors (Lipinski definition) is 1. The Morgan fingerprint density at radius 1 is 1.19 bits per heavy atom. The highest BCUT2D eigenvalue weighted by Crippen LogP contribution is 2.27. The molecule has 0 spiro atoms. The Hall–Kier alpha value is -1.39. The Bertz CT molecular complexity index is 545. The molecule has 0 bridgehead atoms. The molecule has 1 amide bonds. The van der Waals surface area contributed by atoms with Crippen molar-refractivity contribution in [3.8, 4) is 0 Å². The first-order chi connectivity index (χ1) is 10.3. The van der Waals surface area contributed by atoms with Crippen molar-refractivity contribution >= 4 is 5.91 Å². The van der Waals surface area contributed by atoms with Crippen molar-refractivity contribution in [3.63, 3.8) is 0 Å². The lowest BCUT2D eigenvalue weighted by molar-refractivity contribution is -0.136. The fraction of sp³-hybridized carbons (Fsp3) is 0.588. The molecule has 4 heteroatoms. The zero-order chi connectivity index (χ0) is 14.2. The Morgan fingerprint density at radius 2 is 2.10 bits per heavy atom. The van der Waals surface area contributed by atoms with Crippen molar-refractivity contribution < 1.29 is 4.79 Å². The molecule has 3 aliphatic rings. The minimum atomic E-state index is -0.136. The van der Waals surface area contributed by atoms with Gasteiger partial charge in [-0.05, 0) is 36.9 Å². The molecule has 0 aliphatic carbocycles. The summed E-state index contributed by atoms with van der Waals surface area (Å²) < 4.78 is 0. The molecule has 21 heavy (non-hydrogen) atoms. The summed E-state index contributed by atoms with van der Waals surface area (Å²) in [6.07, 6.45) is 3.56. The van der Waals surface area contributed by atoms with Gasteiger partial charge in [-0.15, -0.1) is 0 Å². The first-order valence-corrected chi connectivity index (χ1v) is 8.17. The third-order valence-electron chi connectivity index (χ3n) is 5.25. The molecule has 112 valence electrons. The van der Waals surface area contributed by atoms with Crippen LogP contribution in [0.25, 0.3) is 0 Å². The Kier molecular flexibility index (Phi) is 3.43. The van der Waals surface area contributed by atoms with Gasteiger partial charge >= 0.3 is 0 Å². The van der Waals surface area contributed by atoms with Gasteiger partial charge in [0.1, 0.15) is 6.04 Å². The van der Waals surface area contributed by atoms with Crippen LogP contribution in [0, 0.1) is 0 Å². The molecule has 0 aromatic heterocycles. The molecule has 4 rings (SSSR count). The van der Waals surface area contributed by atoms with Crippen molar-refractivity contribution in [2.45, 2.75) is 31.3 Å². The fourth-order valence-electron chi connectivity index (χ4n) is 4.10. The first-order valence-electron chi connectivity index (χ1n) is 8.17. The van der Waals surface area contributed by atoms with E-state index in [2.05, 4.69) is 33.3 Å². The van der Waals surface area contributed by atoms with Crippen LogP contribution in [0.5, 0.6) is 0 Å². The summed E-state index contributed by atoms with van der Waals surface area (Å²) in [6, 6.07) is 8.84. The maximum Gasteiger partial charge on any atom is 0.244 e. The third-order valence-corrected chi connectivity index (χ3v) is 5.25. The molecular weight excluding hydrogens is 262 g/mol. The molecule has 1 aromatic carbocycles. The summed E-state index contributed by atoms with van der Waals surface area (Å²) in [5.41, 5.74) is 2.51. The Balaban J connectivity index is 1.53. The van der Waals surface area contributed by atoms with Gasteiger partial charge in [-0.25, -0.2) is 0 Å². The van der Waals surface area contributed by atoms with Gasteiger partial charge in [0.05, 0.1) is 0 Å². The summed E-state index contributed by atoms with van der Waals surface area (Å²) in [6.45, 7) is 4.97. The standard InChI is InChI=1S/C17H23N3O/c21-17(20-11-10-19-9-3-5-14(19)12-20)16-15-6-2-1-4-13(15)7-8-18-16/h1-2,4,6,14,16,18H,3,5,7-12H2. The minimum absolute atomic E-state index is 0.136. The predicted molar refractivity (Wildman–Crippen MR) is 82.1 cm³/mol. The summed E-state index contributed by atoms with van der Waals surface area (Å²) in [4.78, 5) is 17.6. The topological polar surface area (TPSA) is 35.6 Å². The van der Waals surface area contributed by atoms with Crippen molar-refractivity contribution in [2.75, 3.05) is 32.7 Å². The van der Waals surface area contributed by atoms with Crippen molar-refractivity contribution in [2.24, 2.45) is 0 Å². The number of fused-ring (bicyclic) bond motifs is 2. The van der Waals surface area contributed by atoms with Crippen LogP contribution in [-0.4, -0.2) is 54.5 Å². The monoisotopic (exact) mass is 285 g/mol. The Morgan fingerprint density at radius 3 is 3.05 bits per heavy atom. The van der Waals surface area contributed by atoms with E-state index in [1.807, 2.05) is 6.07 Å². The largest absolute Gasteiger partial charge is 0.338 e.